The van der Waals surface area contributed by atoms with Crippen molar-refractivity contribution in [3.05, 3.63) is 23.8 Å². The van der Waals surface area contributed by atoms with Gasteiger partial charge in [-0.1, -0.05) is 13.0 Å². The minimum atomic E-state index is 0.959. The second kappa shape index (κ2) is 8.02. The lowest BCUT2D eigenvalue weighted by molar-refractivity contribution is 0.136. The van der Waals surface area contributed by atoms with E-state index in [1.54, 1.807) is 0 Å². The van der Waals surface area contributed by atoms with Crippen molar-refractivity contribution in [2.24, 2.45) is 0 Å². The average molecular weight is 316 g/mol. The molecule has 2 fully saturated rings. The van der Waals surface area contributed by atoms with E-state index >= 15 is 0 Å². The van der Waals surface area contributed by atoms with Crippen LogP contribution in [0.25, 0.3) is 0 Å². The number of hydrogen-bond acceptors (Lipinski definition) is 4. The Labute approximate surface area is 141 Å². The van der Waals surface area contributed by atoms with E-state index in [-0.39, 0.29) is 0 Å². The molecule has 1 aromatic carbocycles. The summed E-state index contributed by atoms with van der Waals surface area (Å²) in [5, 5.41) is 0. The molecule has 128 valence electrons. The zero-order chi connectivity index (χ0) is 16.1. The van der Waals surface area contributed by atoms with E-state index in [0.717, 1.165) is 25.2 Å². The van der Waals surface area contributed by atoms with Crippen LogP contribution in [0.2, 0.25) is 0 Å². The largest absolute Gasteiger partial charge is 0.397 e. The van der Waals surface area contributed by atoms with Gasteiger partial charge in [0.15, 0.2) is 0 Å². The Bertz CT molecular complexity index is 488. The molecule has 23 heavy (non-hydrogen) atoms. The zero-order valence-electron chi connectivity index (χ0n) is 14.6. The molecule has 0 amide bonds. The Balaban J connectivity index is 1.44. The lowest BCUT2D eigenvalue weighted by atomic mass is 10.1. The first kappa shape index (κ1) is 16.6. The number of anilines is 2. The van der Waals surface area contributed by atoms with E-state index in [1.807, 2.05) is 0 Å². The number of nitrogens with zero attached hydrogens (tertiary/aromatic N) is 3. The number of benzene rings is 1. The van der Waals surface area contributed by atoms with Crippen LogP contribution in [0.3, 0.4) is 0 Å². The van der Waals surface area contributed by atoms with E-state index in [2.05, 4.69) is 39.8 Å². The van der Waals surface area contributed by atoms with Gasteiger partial charge in [-0.15, -0.1) is 0 Å². The molecule has 0 radical (unpaired) electrons. The van der Waals surface area contributed by atoms with Crippen LogP contribution in [0.15, 0.2) is 18.2 Å². The predicted molar refractivity (Wildman–Crippen MR) is 99.2 cm³/mol. The zero-order valence-corrected chi connectivity index (χ0v) is 14.6. The van der Waals surface area contributed by atoms with Gasteiger partial charge in [0, 0.05) is 39.3 Å². The van der Waals surface area contributed by atoms with Crippen LogP contribution < -0.4 is 10.6 Å². The second-order valence-electron chi connectivity index (χ2n) is 6.97. The second-order valence-corrected chi connectivity index (χ2v) is 6.97. The van der Waals surface area contributed by atoms with Crippen molar-refractivity contribution in [2.75, 3.05) is 63.0 Å². The maximum absolute atomic E-state index is 6.29. The minimum Gasteiger partial charge on any atom is -0.397 e. The molecule has 4 nitrogen and oxygen atoms in total. The fourth-order valence-corrected chi connectivity index (χ4v) is 3.84. The highest BCUT2D eigenvalue weighted by Crippen LogP contribution is 2.27. The molecule has 0 atom stereocenters. The molecule has 2 aliphatic heterocycles. The summed E-state index contributed by atoms with van der Waals surface area (Å²) in [5.41, 5.74) is 9.87. The number of piperazine rings is 1. The molecule has 0 aliphatic carbocycles. The molecule has 4 heteroatoms. The van der Waals surface area contributed by atoms with Crippen molar-refractivity contribution < 1.29 is 0 Å². The molecule has 0 aromatic heterocycles. The lowest BCUT2D eigenvalue weighted by Gasteiger charge is -2.34. The van der Waals surface area contributed by atoms with Gasteiger partial charge in [-0.2, -0.15) is 0 Å². The number of rotatable bonds is 6. The molecule has 0 spiro atoms. The first-order valence-corrected chi connectivity index (χ1v) is 9.34. The standard InChI is InChI=1S/C19H32N4/c1-2-21-12-14-22(15-13-21)9-5-6-17-7-8-19(18(20)16-17)23-10-3-4-11-23/h7-8,16H,2-6,9-15,20H2,1H3. The van der Waals surface area contributed by atoms with Gasteiger partial charge in [-0.25, -0.2) is 0 Å². The van der Waals surface area contributed by atoms with Gasteiger partial charge in [0.25, 0.3) is 0 Å². The molecular formula is C19H32N4. The third-order valence-electron chi connectivity index (χ3n) is 5.39. The van der Waals surface area contributed by atoms with Crippen molar-refractivity contribution in [1.29, 1.82) is 0 Å². The van der Waals surface area contributed by atoms with Gasteiger partial charge >= 0.3 is 0 Å². The Kier molecular flexibility index (Phi) is 5.79. The summed E-state index contributed by atoms with van der Waals surface area (Å²) in [6, 6.07) is 6.71. The molecule has 3 rings (SSSR count). The molecule has 2 heterocycles. The number of nitrogen functional groups attached to an aromatic ring is 1. The first-order chi connectivity index (χ1) is 11.3. The molecular weight excluding hydrogens is 284 g/mol. The summed E-state index contributed by atoms with van der Waals surface area (Å²) in [5.74, 6) is 0. The molecule has 0 bridgehead atoms. The van der Waals surface area contributed by atoms with Crippen LogP contribution in [0.1, 0.15) is 31.7 Å². The Morgan fingerprint density at radius 3 is 2.30 bits per heavy atom. The first-order valence-electron chi connectivity index (χ1n) is 9.34. The maximum Gasteiger partial charge on any atom is 0.0600 e. The topological polar surface area (TPSA) is 35.7 Å². The van der Waals surface area contributed by atoms with Crippen LogP contribution >= 0.6 is 0 Å². The van der Waals surface area contributed by atoms with Crippen molar-refractivity contribution in [1.82, 2.24) is 9.80 Å². The van der Waals surface area contributed by atoms with Crippen molar-refractivity contribution in [2.45, 2.75) is 32.6 Å². The van der Waals surface area contributed by atoms with Crippen LogP contribution in [0.5, 0.6) is 0 Å². The van der Waals surface area contributed by atoms with E-state index in [9.17, 15) is 0 Å². The Hall–Kier alpha value is -1.26. The number of aryl methyl sites for hydroxylation is 1. The normalized spacial score (nSPS) is 20.3. The van der Waals surface area contributed by atoms with Crippen LogP contribution in [0.4, 0.5) is 11.4 Å². The van der Waals surface area contributed by atoms with Gasteiger partial charge in [0.1, 0.15) is 0 Å². The maximum atomic E-state index is 6.29. The fourth-order valence-electron chi connectivity index (χ4n) is 3.84. The monoisotopic (exact) mass is 316 g/mol. The SMILES string of the molecule is CCN1CCN(CCCc2ccc(N3CCCC3)c(N)c2)CC1. The number of hydrogen-bond donors (Lipinski definition) is 1. The number of nitrogens with two attached hydrogens (primary N) is 1. The summed E-state index contributed by atoms with van der Waals surface area (Å²) >= 11 is 0. The van der Waals surface area contributed by atoms with Crippen molar-refractivity contribution in [3.8, 4) is 0 Å². The summed E-state index contributed by atoms with van der Waals surface area (Å²) in [4.78, 5) is 7.56. The smallest absolute Gasteiger partial charge is 0.0600 e. The Morgan fingerprint density at radius 2 is 1.65 bits per heavy atom. The van der Waals surface area contributed by atoms with Gasteiger partial charge in [0.05, 0.1) is 11.4 Å². The van der Waals surface area contributed by atoms with Gasteiger partial charge in [0.2, 0.25) is 0 Å². The van der Waals surface area contributed by atoms with E-state index in [4.69, 9.17) is 5.73 Å². The molecule has 0 saturated carbocycles. The van der Waals surface area contributed by atoms with Gasteiger partial charge in [-0.05, 0) is 56.5 Å². The van der Waals surface area contributed by atoms with Gasteiger partial charge < -0.3 is 20.4 Å². The lowest BCUT2D eigenvalue weighted by Crippen LogP contribution is -2.46. The third kappa shape index (κ3) is 4.39. The van der Waals surface area contributed by atoms with E-state index in [1.165, 1.54) is 69.8 Å². The average Bonchev–Trinajstić information content (AvgIpc) is 3.10. The number of likely N-dealkylation sites (N-methyl/N-ethyl adjacent to an activating group) is 1. The quantitative estimate of drug-likeness (QED) is 0.818. The minimum absolute atomic E-state index is 0.959. The highest BCUT2D eigenvalue weighted by atomic mass is 15.3. The van der Waals surface area contributed by atoms with Crippen LogP contribution in [-0.2, 0) is 6.42 Å². The summed E-state index contributed by atoms with van der Waals surface area (Å²) < 4.78 is 0. The molecule has 2 aliphatic rings. The molecule has 0 unspecified atom stereocenters. The van der Waals surface area contributed by atoms with Crippen LogP contribution in [-0.4, -0.2) is 62.2 Å². The molecule has 2 N–H and O–H groups in total. The van der Waals surface area contributed by atoms with Gasteiger partial charge in [-0.3, -0.25) is 0 Å². The van der Waals surface area contributed by atoms with E-state index in [0.29, 0.717) is 0 Å². The third-order valence-corrected chi connectivity index (χ3v) is 5.39. The highest BCUT2D eigenvalue weighted by Gasteiger charge is 2.16. The molecule has 1 aromatic rings. The summed E-state index contributed by atoms with van der Waals surface area (Å²) in [6.45, 7) is 11.9. The Morgan fingerprint density at radius 1 is 0.957 bits per heavy atom. The van der Waals surface area contributed by atoms with Crippen LogP contribution in [0, 0.1) is 0 Å². The fraction of sp³-hybridized carbons (Fsp3) is 0.684. The van der Waals surface area contributed by atoms with E-state index < -0.39 is 0 Å². The van der Waals surface area contributed by atoms with Crippen molar-refractivity contribution in [3.63, 3.8) is 0 Å². The summed E-state index contributed by atoms with van der Waals surface area (Å²) in [7, 11) is 0. The highest BCUT2D eigenvalue weighted by molar-refractivity contribution is 5.68. The summed E-state index contributed by atoms with van der Waals surface area (Å²) in [6.07, 6.45) is 4.96. The molecule has 2 saturated heterocycles. The predicted octanol–water partition coefficient (Wildman–Crippen LogP) is 2.44. The van der Waals surface area contributed by atoms with Crippen molar-refractivity contribution >= 4 is 11.4 Å².